The second kappa shape index (κ2) is 7.84. The number of anilines is 1. The lowest BCUT2D eigenvalue weighted by molar-refractivity contribution is 0.100. The molecular weight excluding hydrogens is 382 g/mol. The third-order valence-electron chi connectivity index (χ3n) is 5.29. The second-order valence-electron chi connectivity index (χ2n) is 7.41. The molecule has 29 heavy (non-hydrogen) atoms. The quantitative estimate of drug-likeness (QED) is 0.592. The van der Waals surface area contributed by atoms with E-state index in [0.29, 0.717) is 11.3 Å². The molecule has 0 radical (unpaired) electrons. The third-order valence-corrected chi connectivity index (χ3v) is 7.00. The second-order valence-corrected chi connectivity index (χ2v) is 9.19. The van der Waals surface area contributed by atoms with Gasteiger partial charge in [0.05, 0.1) is 10.6 Å². The van der Waals surface area contributed by atoms with Gasteiger partial charge in [-0.3, -0.25) is 4.79 Å². The Morgan fingerprint density at radius 3 is 2.03 bits per heavy atom. The van der Waals surface area contributed by atoms with Crippen molar-refractivity contribution in [2.45, 2.75) is 39.5 Å². The van der Waals surface area contributed by atoms with Crippen LogP contribution in [0.15, 0.2) is 65.6 Å². The van der Waals surface area contributed by atoms with Gasteiger partial charge >= 0.3 is 0 Å². The van der Waals surface area contributed by atoms with Crippen LogP contribution in [0.4, 0.5) is 5.69 Å². The molecular formula is C24H25NO3S. The van der Waals surface area contributed by atoms with E-state index in [1.165, 1.54) is 12.1 Å². The zero-order chi connectivity index (χ0) is 21.3. The minimum atomic E-state index is -4.10. The summed E-state index contributed by atoms with van der Waals surface area (Å²) in [6.45, 7) is 9.48. The molecule has 0 aromatic heterocycles. The highest BCUT2D eigenvalue weighted by Crippen LogP contribution is 2.30. The van der Waals surface area contributed by atoms with E-state index in [4.69, 9.17) is 0 Å². The Balaban J connectivity index is 2.24. The molecule has 0 heterocycles. The number of nitrogens with zero attached hydrogens (tertiary/aromatic N) is 1. The lowest BCUT2D eigenvalue weighted by Crippen LogP contribution is -2.37. The first kappa shape index (κ1) is 20.8. The number of hydrogen-bond acceptors (Lipinski definition) is 3. The normalized spacial score (nSPS) is 11.3. The van der Waals surface area contributed by atoms with E-state index >= 15 is 0 Å². The molecule has 0 atom stereocenters. The maximum atomic E-state index is 13.6. The molecule has 0 aliphatic carbocycles. The van der Waals surface area contributed by atoms with Crippen LogP contribution in [0.25, 0.3) is 0 Å². The first-order chi connectivity index (χ1) is 13.6. The SMILES string of the molecule is Cc1ccc(S(=O)(=O)N(C(=O)c2ccc(C)c(C)c2)c2cccc(C)c2C)cc1. The topological polar surface area (TPSA) is 54.5 Å². The zero-order valence-electron chi connectivity index (χ0n) is 17.4. The van der Waals surface area contributed by atoms with E-state index < -0.39 is 15.9 Å². The standard InChI is InChI=1S/C24H25NO3S/c1-16-9-13-22(14-10-16)29(27,28)25(23-8-6-7-18(3)20(23)5)24(26)21-12-11-17(2)19(4)15-21/h6-15H,1-5H3. The van der Waals surface area contributed by atoms with Gasteiger partial charge in [-0.2, -0.15) is 4.31 Å². The molecule has 3 aromatic carbocycles. The van der Waals surface area contributed by atoms with Gasteiger partial charge in [-0.25, -0.2) is 8.42 Å². The fraction of sp³-hybridized carbons (Fsp3) is 0.208. The number of carbonyl (C=O) groups is 1. The molecule has 0 bridgehead atoms. The van der Waals surface area contributed by atoms with Gasteiger partial charge in [-0.1, -0.05) is 35.9 Å². The minimum absolute atomic E-state index is 0.0844. The van der Waals surface area contributed by atoms with Crippen LogP contribution in [0.1, 0.15) is 38.2 Å². The van der Waals surface area contributed by atoms with Crippen LogP contribution in [-0.4, -0.2) is 14.3 Å². The van der Waals surface area contributed by atoms with E-state index in [9.17, 15) is 13.2 Å². The van der Waals surface area contributed by atoms with Crippen LogP contribution in [0.5, 0.6) is 0 Å². The van der Waals surface area contributed by atoms with Crippen LogP contribution in [0, 0.1) is 34.6 Å². The molecule has 3 rings (SSSR count). The summed E-state index contributed by atoms with van der Waals surface area (Å²) in [6.07, 6.45) is 0. The fourth-order valence-corrected chi connectivity index (χ4v) is 4.58. The average Bonchev–Trinajstić information content (AvgIpc) is 2.67. The number of benzene rings is 3. The maximum absolute atomic E-state index is 13.6. The van der Waals surface area contributed by atoms with Crippen molar-refractivity contribution in [2.24, 2.45) is 0 Å². The molecule has 0 spiro atoms. The van der Waals surface area contributed by atoms with Gasteiger partial charge in [-0.15, -0.1) is 0 Å². The van der Waals surface area contributed by atoms with Crippen LogP contribution >= 0.6 is 0 Å². The van der Waals surface area contributed by atoms with E-state index in [-0.39, 0.29) is 4.90 Å². The zero-order valence-corrected chi connectivity index (χ0v) is 18.2. The third kappa shape index (κ3) is 3.96. The van der Waals surface area contributed by atoms with Gasteiger partial charge in [0.1, 0.15) is 0 Å². The largest absolute Gasteiger partial charge is 0.272 e. The Morgan fingerprint density at radius 2 is 1.41 bits per heavy atom. The molecule has 5 heteroatoms. The number of carbonyl (C=O) groups excluding carboxylic acids is 1. The van der Waals surface area contributed by atoms with E-state index in [1.54, 1.807) is 36.4 Å². The number of aryl methyl sites for hydroxylation is 4. The lowest BCUT2D eigenvalue weighted by Gasteiger charge is -2.25. The van der Waals surface area contributed by atoms with E-state index in [0.717, 1.165) is 32.1 Å². The smallest absolute Gasteiger partial charge is 0.268 e. The van der Waals surface area contributed by atoms with Crippen molar-refractivity contribution in [3.05, 3.63) is 94.0 Å². The maximum Gasteiger partial charge on any atom is 0.272 e. The summed E-state index contributed by atoms with van der Waals surface area (Å²) in [6, 6.07) is 17.1. The molecule has 150 valence electrons. The minimum Gasteiger partial charge on any atom is -0.268 e. The van der Waals surface area contributed by atoms with Crippen molar-refractivity contribution in [3.63, 3.8) is 0 Å². The summed E-state index contributed by atoms with van der Waals surface area (Å²) in [7, 11) is -4.10. The van der Waals surface area contributed by atoms with E-state index in [2.05, 4.69) is 0 Å². The van der Waals surface area contributed by atoms with Crippen molar-refractivity contribution in [1.29, 1.82) is 0 Å². The predicted octanol–water partition coefficient (Wildman–Crippen LogP) is 5.26. The van der Waals surface area contributed by atoms with Gasteiger partial charge in [-0.05, 0) is 87.2 Å². The molecule has 0 saturated carbocycles. The van der Waals surface area contributed by atoms with Crippen LogP contribution < -0.4 is 4.31 Å². The van der Waals surface area contributed by atoms with Crippen molar-refractivity contribution < 1.29 is 13.2 Å². The highest BCUT2D eigenvalue weighted by molar-refractivity contribution is 7.93. The number of rotatable bonds is 4. The van der Waals surface area contributed by atoms with Gasteiger partial charge < -0.3 is 0 Å². The van der Waals surface area contributed by atoms with E-state index in [1.807, 2.05) is 46.8 Å². The molecule has 0 N–H and O–H groups in total. The summed E-state index contributed by atoms with van der Waals surface area (Å²) in [5.41, 5.74) is 5.30. The highest BCUT2D eigenvalue weighted by atomic mass is 32.2. The Labute approximate surface area is 172 Å². The van der Waals surface area contributed by atoms with Gasteiger partial charge in [0, 0.05) is 5.56 Å². The molecule has 1 amide bonds. The van der Waals surface area contributed by atoms with Crippen LogP contribution in [0.3, 0.4) is 0 Å². The predicted molar refractivity (Wildman–Crippen MR) is 117 cm³/mol. The van der Waals surface area contributed by atoms with Crippen molar-refractivity contribution in [2.75, 3.05) is 4.31 Å². The lowest BCUT2D eigenvalue weighted by atomic mass is 10.0. The average molecular weight is 408 g/mol. The number of hydrogen-bond donors (Lipinski definition) is 0. The molecule has 0 fully saturated rings. The van der Waals surface area contributed by atoms with Crippen molar-refractivity contribution >= 4 is 21.6 Å². The molecule has 0 aliphatic heterocycles. The Bertz CT molecular complexity index is 1180. The monoisotopic (exact) mass is 407 g/mol. The summed E-state index contributed by atoms with van der Waals surface area (Å²) < 4.78 is 28.1. The molecule has 3 aromatic rings. The van der Waals surface area contributed by atoms with Crippen molar-refractivity contribution in [1.82, 2.24) is 0 Å². The van der Waals surface area contributed by atoms with Gasteiger partial charge in [0.15, 0.2) is 0 Å². The van der Waals surface area contributed by atoms with Gasteiger partial charge in [0.25, 0.3) is 15.9 Å². The van der Waals surface area contributed by atoms with Crippen molar-refractivity contribution in [3.8, 4) is 0 Å². The Kier molecular flexibility index (Phi) is 5.62. The fourth-order valence-electron chi connectivity index (χ4n) is 3.11. The first-order valence-electron chi connectivity index (χ1n) is 9.42. The molecule has 0 unspecified atom stereocenters. The molecule has 4 nitrogen and oxygen atoms in total. The summed E-state index contributed by atoms with van der Waals surface area (Å²) in [5.74, 6) is -0.567. The first-order valence-corrected chi connectivity index (χ1v) is 10.9. The Hall–Kier alpha value is -2.92. The number of sulfonamides is 1. The number of amides is 1. The summed E-state index contributed by atoms with van der Waals surface area (Å²) >= 11 is 0. The molecule has 0 aliphatic rings. The summed E-state index contributed by atoms with van der Waals surface area (Å²) in [5, 5.41) is 0. The highest BCUT2D eigenvalue weighted by Gasteiger charge is 2.33. The Morgan fingerprint density at radius 1 is 0.759 bits per heavy atom. The summed E-state index contributed by atoms with van der Waals surface area (Å²) in [4.78, 5) is 13.6. The van der Waals surface area contributed by atoms with Crippen LogP contribution in [0.2, 0.25) is 0 Å². The van der Waals surface area contributed by atoms with Crippen LogP contribution in [-0.2, 0) is 10.0 Å². The molecule has 0 saturated heterocycles. The van der Waals surface area contributed by atoms with Gasteiger partial charge in [0.2, 0.25) is 0 Å².